The van der Waals surface area contributed by atoms with Crippen molar-refractivity contribution < 1.29 is 13.9 Å². The maximum atomic E-state index is 14.0. The zero-order chi connectivity index (χ0) is 23.3. The van der Waals surface area contributed by atoms with Gasteiger partial charge in [-0.15, -0.1) is 11.6 Å². The first kappa shape index (κ1) is 24.1. The lowest BCUT2D eigenvalue weighted by Crippen LogP contribution is -2.19. The predicted molar refractivity (Wildman–Crippen MR) is 124 cm³/mol. The molecule has 166 valence electrons. The smallest absolute Gasteiger partial charge is 0.167 e. The normalized spacial score (nSPS) is 11.2. The third-order valence-electron chi connectivity index (χ3n) is 5.11. The minimum atomic E-state index is -0.587. The molecule has 0 saturated carbocycles. The van der Waals surface area contributed by atoms with Crippen molar-refractivity contribution in [3.63, 3.8) is 0 Å². The van der Waals surface area contributed by atoms with Gasteiger partial charge in [-0.25, -0.2) is 9.37 Å². The summed E-state index contributed by atoms with van der Waals surface area (Å²) >= 11 is 17.8. The number of rotatable bonds is 8. The highest BCUT2D eigenvalue weighted by molar-refractivity contribution is 6.32. The molecule has 0 unspecified atom stereocenters. The molecule has 0 spiro atoms. The van der Waals surface area contributed by atoms with E-state index in [1.165, 1.54) is 12.3 Å². The van der Waals surface area contributed by atoms with Gasteiger partial charge in [-0.05, 0) is 41.5 Å². The number of alkyl halides is 1. The SMILES string of the molecule is CC(C)(c1ccc(OCc2ccnc(Cl)c2F)cc1)c1cc(Cl)c(OCCCl)c(C#N)c1. The van der Waals surface area contributed by atoms with Crippen LogP contribution in [0, 0.1) is 17.1 Å². The Hall–Kier alpha value is -2.52. The molecule has 3 rings (SSSR count). The highest BCUT2D eigenvalue weighted by Crippen LogP contribution is 2.38. The first-order chi connectivity index (χ1) is 15.3. The molecule has 0 aliphatic rings. The molecule has 2 aromatic carbocycles. The Balaban J connectivity index is 1.81. The van der Waals surface area contributed by atoms with E-state index in [0.29, 0.717) is 33.5 Å². The third kappa shape index (κ3) is 5.27. The van der Waals surface area contributed by atoms with Gasteiger partial charge in [0.2, 0.25) is 0 Å². The lowest BCUT2D eigenvalue weighted by Gasteiger charge is -2.27. The molecule has 0 radical (unpaired) electrons. The summed E-state index contributed by atoms with van der Waals surface area (Å²) in [4.78, 5) is 3.69. The molecule has 0 N–H and O–H groups in total. The number of pyridine rings is 1. The highest BCUT2D eigenvalue weighted by Gasteiger charge is 2.26. The lowest BCUT2D eigenvalue weighted by atomic mass is 9.77. The van der Waals surface area contributed by atoms with Crippen molar-refractivity contribution in [2.24, 2.45) is 0 Å². The largest absolute Gasteiger partial charge is 0.489 e. The van der Waals surface area contributed by atoms with E-state index in [9.17, 15) is 9.65 Å². The van der Waals surface area contributed by atoms with Crippen molar-refractivity contribution in [3.05, 3.63) is 86.9 Å². The number of nitrogens with zero attached hydrogens (tertiary/aromatic N) is 2. The van der Waals surface area contributed by atoms with Crippen LogP contribution in [0.1, 0.15) is 36.1 Å². The van der Waals surface area contributed by atoms with Crippen molar-refractivity contribution in [1.29, 1.82) is 5.26 Å². The Bertz CT molecular complexity index is 1150. The Kier molecular flexibility index (Phi) is 7.84. The van der Waals surface area contributed by atoms with Gasteiger partial charge in [-0.1, -0.05) is 49.2 Å². The van der Waals surface area contributed by atoms with Crippen LogP contribution in [0.3, 0.4) is 0 Å². The number of aromatic nitrogens is 1. The topological polar surface area (TPSA) is 55.1 Å². The van der Waals surface area contributed by atoms with Crippen LogP contribution < -0.4 is 9.47 Å². The molecule has 3 aromatic rings. The number of hydrogen-bond acceptors (Lipinski definition) is 4. The van der Waals surface area contributed by atoms with Crippen LogP contribution in [0.15, 0.2) is 48.7 Å². The molecule has 0 atom stereocenters. The first-order valence-electron chi connectivity index (χ1n) is 9.73. The molecule has 0 aliphatic heterocycles. The number of hydrogen-bond donors (Lipinski definition) is 0. The Morgan fingerprint density at radius 3 is 2.44 bits per heavy atom. The van der Waals surface area contributed by atoms with Crippen LogP contribution in [-0.4, -0.2) is 17.5 Å². The standard InChI is InChI=1S/C24H20Cl3FN2O2/c1-24(2,18-11-16(13-29)22(20(26)12-18)31-10-8-25)17-3-5-19(6-4-17)32-14-15-7-9-30-23(27)21(15)28/h3-7,9,11-12H,8,10,14H2,1-2H3. The second-order valence-electron chi connectivity index (χ2n) is 7.50. The summed E-state index contributed by atoms with van der Waals surface area (Å²) in [5, 5.41) is 9.73. The van der Waals surface area contributed by atoms with Gasteiger partial charge < -0.3 is 9.47 Å². The molecule has 1 aromatic heterocycles. The van der Waals surface area contributed by atoms with Crippen molar-refractivity contribution >= 4 is 34.8 Å². The lowest BCUT2D eigenvalue weighted by molar-refractivity contribution is 0.299. The van der Waals surface area contributed by atoms with Crippen molar-refractivity contribution in [2.75, 3.05) is 12.5 Å². The minimum absolute atomic E-state index is 0.0295. The number of ether oxygens (including phenoxy) is 2. The fourth-order valence-corrected chi connectivity index (χ4v) is 3.72. The van der Waals surface area contributed by atoms with E-state index in [0.717, 1.165) is 11.1 Å². The summed E-state index contributed by atoms with van der Waals surface area (Å²) in [5.74, 6) is 0.624. The summed E-state index contributed by atoms with van der Waals surface area (Å²) < 4.78 is 25.2. The second-order valence-corrected chi connectivity index (χ2v) is 8.64. The average molecular weight is 494 g/mol. The van der Waals surface area contributed by atoms with E-state index in [-0.39, 0.29) is 18.4 Å². The maximum Gasteiger partial charge on any atom is 0.167 e. The van der Waals surface area contributed by atoms with Crippen molar-refractivity contribution in [3.8, 4) is 17.6 Å². The molecule has 8 heteroatoms. The second kappa shape index (κ2) is 10.4. The van der Waals surface area contributed by atoms with Gasteiger partial charge in [-0.3, -0.25) is 0 Å². The van der Waals surface area contributed by atoms with Gasteiger partial charge in [0.25, 0.3) is 0 Å². The zero-order valence-electron chi connectivity index (χ0n) is 17.5. The summed E-state index contributed by atoms with van der Waals surface area (Å²) in [6, 6.07) is 14.7. The van der Waals surface area contributed by atoms with Gasteiger partial charge in [0.15, 0.2) is 16.7 Å². The monoisotopic (exact) mass is 492 g/mol. The van der Waals surface area contributed by atoms with Crippen molar-refractivity contribution in [2.45, 2.75) is 25.9 Å². The molecule has 0 saturated heterocycles. The molecule has 0 aliphatic carbocycles. The minimum Gasteiger partial charge on any atom is -0.489 e. The van der Waals surface area contributed by atoms with Crippen LogP contribution in [0.2, 0.25) is 10.2 Å². The van der Waals surface area contributed by atoms with Crippen LogP contribution in [0.4, 0.5) is 4.39 Å². The Morgan fingerprint density at radius 2 is 1.78 bits per heavy atom. The van der Waals surface area contributed by atoms with Crippen molar-refractivity contribution in [1.82, 2.24) is 4.98 Å². The first-order valence-corrected chi connectivity index (χ1v) is 11.0. The fraction of sp³-hybridized carbons (Fsp3) is 0.250. The van der Waals surface area contributed by atoms with Gasteiger partial charge in [0, 0.05) is 17.2 Å². The summed E-state index contributed by atoms with van der Waals surface area (Å²) in [5.41, 5.74) is 2.06. The molecule has 1 heterocycles. The molecule has 0 bridgehead atoms. The summed E-state index contributed by atoms with van der Waals surface area (Å²) in [7, 11) is 0. The molecule has 32 heavy (non-hydrogen) atoms. The van der Waals surface area contributed by atoms with E-state index >= 15 is 0 Å². The van der Waals surface area contributed by atoms with E-state index in [1.54, 1.807) is 12.1 Å². The Labute approximate surface area is 201 Å². The molecule has 4 nitrogen and oxygen atoms in total. The number of benzene rings is 2. The van der Waals surface area contributed by atoms with E-state index in [2.05, 4.69) is 11.1 Å². The number of halogens is 4. The fourth-order valence-electron chi connectivity index (χ4n) is 3.19. The van der Waals surface area contributed by atoms with Gasteiger partial charge in [0.1, 0.15) is 25.0 Å². The summed E-state index contributed by atoms with van der Waals surface area (Å²) in [6.45, 7) is 4.35. The Morgan fingerprint density at radius 1 is 1.06 bits per heavy atom. The zero-order valence-corrected chi connectivity index (χ0v) is 19.7. The third-order valence-corrected chi connectivity index (χ3v) is 5.80. The maximum absolute atomic E-state index is 14.0. The highest BCUT2D eigenvalue weighted by atomic mass is 35.5. The molecular formula is C24H20Cl3FN2O2. The summed E-state index contributed by atoms with van der Waals surface area (Å²) in [6.07, 6.45) is 1.43. The van der Waals surface area contributed by atoms with Gasteiger partial charge >= 0.3 is 0 Å². The number of nitriles is 1. The molecule has 0 fully saturated rings. The van der Waals surface area contributed by atoms with Crippen LogP contribution in [-0.2, 0) is 12.0 Å². The van der Waals surface area contributed by atoms with Gasteiger partial charge in [-0.2, -0.15) is 5.26 Å². The van der Waals surface area contributed by atoms with Gasteiger partial charge in [0.05, 0.1) is 16.5 Å². The van der Waals surface area contributed by atoms with Crippen LogP contribution >= 0.6 is 34.8 Å². The molecule has 0 amide bonds. The van der Waals surface area contributed by atoms with E-state index in [4.69, 9.17) is 44.3 Å². The van der Waals surface area contributed by atoms with E-state index in [1.807, 2.05) is 38.1 Å². The average Bonchev–Trinajstić information content (AvgIpc) is 2.79. The van der Waals surface area contributed by atoms with E-state index < -0.39 is 11.2 Å². The predicted octanol–water partition coefficient (Wildman–Crippen LogP) is 6.92. The molecular weight excluding hydrogens is 474 g/mol. The van der Waals surface area contributed by atoms with Crippen LogP contribution in [0.5, 0.6) is 11.5 Å². The quantitative estimate of drug-likeness (QED) is 0.252. The van der Waals surface area contributed by atoms with Crippen LogP contribution in [0.25, 0.3) is 0 Å².